The zero-order chi connectivity index (χ0) is 10.7. The smallest absolute Gasteiger partial charge is 0.0667 e. The van der Waals surface area contributed by atoms with E-state index < -0.39 is 0 Å². The van der Waals surface area contributed by atoms with Crippen molar-refractivity contribution in [3.05, 3.63) is 29.0 Å². The molecule has 1 saturated heterocycles. The maximum absolute atomic E-state index is 9.54. The Hall–Kier alpha value is -0.640. The summed E-state index contributed by atoms with van der Waals surface area (Å²) in [7, 11) is 0. The Morgan fingerprint density at radius 3 is 3.20 bits per heavy atom. The Labute approximate surface area is 94.7 Å². The molecule has 1 atom stereocenters. The molecule has 4 heteroatoms. The number of pyridine rings is 1. The van der Waals surface area contributed by atoms with Crippen molar-refractivity contribution in [1.29, 1.82) is 0 Å². The van der Waals surface area contributed by atoms with Crippen molar-refractivity contribution in [2.24, 2.45) is 0 Å². The molecule has 0 aliphatic carbocycles. The van der Waals surface area contributed by atoms with Gasteiger partial charge in [-0.1, -0.05) is 11.6 Å². The predicted molar refractivity (Wildman–Crippen MR) is 59.8 cm³/mol. The summed E-state index contributed by atoms with van der Waals surface area (Å²) in [4.78, 5) is 6.18. The summed E-state index contributed by atoms with van der Waals surface area (Å²) < 4.78 is 0. The highest BCUT2D eigenvalue weighted by Gasteiger charge is 2.18. The molecule has 1 aromatic rings. The first kappa shape index (κ1) is 10.9. The van der Waals surface area contributed by atoms with E-state index in [0.717, 1.165) is 38.0 Å². The number of rotatable bonds is 2. The first-order chi connectivity index (χ1) is 7.25. The highest BCUT2D eigenvalue weighted by Crippen LogP contribution is 2.18. The SMILES string of the molecule is OC1CCCN(Cc2ccncc2Cl)C1. The molecule has 1 unspecified atom stereocenters. The zero-order valence-corrected chi connectivity index (χ0v) is 9.32. The highest BCUT2D eigenvalue weighted by atomic mass is 35.5. The average Bonchev–Trinajstić information content (AvgIpc) is 2.22. The molecule has 1 aliphatic rings. The Balaban J connectivity index is 1.99. The molecule has 0 saturated carbocycles. The molecular weight excluding hydrogens is 212 g/mol. The number of aliphatic hydroxyl groups excluding tert-OH is 1. The van der Waals surface area contributed by atoms with E-state index >= 15 is 0 Å². The number of piperidine rings is 1. The number of nitrogens with zero attached hydrogens (tertiary/aromatic N) is 2. The second-order valence-corrected chi connectivity index (χ2v) is 4.41. The van der Waals surface area contributed by atoms with Gasteiger partial charge in [-0.05, 0) is 31.0 Å². The number of hydrogen-bond acceptors (Lipinski definition) is 3. The number of aromatic nitrogens is 1. The van der Waals surface area contributed by atoms with Crippen LogP contribution in [-0.2, 0) is 6.54 Å². The van der Waals surface area contributed by atoms with Crippen LogP contribution in [0.5, 0.6) is 0 Å². The van der Waals surface area contributed by atoms with E-state index in [-0.39, 0.29) is 6.10 Å². The molecule has 82 valence electrons. The highest BCUT2D eigenvalue weighted by molar-refractivity contribution is 6.31. The largest absolute Gasteiger partial charge is 0.392 e. The van der Waals surface area contributed by atoms with Crippen molar-refractivity contribution in [3.8, 4) is 0 Å². The lowest BCUT2D eigenvalue weighted by Crippen LogP contribution is -2.37. The minimum Gasteiger partial charge on any atom is -0.392 e. The third-order valence-electron chi connectivity index (χ3n) is 2.73. The number of hydrogen-bond donors (Lipinski definition) is 1. The van der Waals surface area contributed by atoms with E-state index in [2.05, 4.69) is 9.88 Å². The van der Waals surface area contributed by atoms with Crippen LogP contribution in [0.1, 0.15) is 18.4 Å². The van der Waals surface area contributed by atoms with Gasteiger partial charge in [-0.15, -0.1) is 0 Å². The van der Waals surface area contributed by atoms with Gasteiger partial charge in [0.1, 0.15) is 0 Å². The molecule has 1 N–H and O–H groups in total. The van der Waals surface area contributed by atoms with Gasteiger partial charge < -0.3 is 5.11 Å². The summed E-state index contributed by atoms with van der Waals surface area (Å²) in [5.74, 6) is 0. The van der Waals surface area contributed by atoms with Crippen LogP contribution in [0.2, 0.25) is 5.02 Å². The van der Waals surface area contributed by atoms with Crippen LogP contribution in [0.25, 0.3) is 0 Å². The van der Waals surface area contributed by atoms with Crippen LogP contribution in [-0.4, -0.2) is 34.2 Å². The molecule has 0 amide bonds. The average molecular weight is 227 g/mol. The summed E-state index contributed by atoms with van der Waals surface area (Å²) in [6.07, 6.45) is 5.21. The Morgan fingerprint density at radius 1 is 1.60 bits per heavy atom. The van der Waals surface area contributed by atoms with Crippen molar-refractivity contribution < 1.29 is 5.11 Å². The van der Waals surface area contributed by atoms with Crippen molar-refractivity contribution in [1.82, 2.24) is 9.88 Å². The maximum atomic E-state index is 9.54. The van der Waals surface area contributed by atoms with Gasteiger partial charge in [-0.25, -0.2) is 0 Å². The Morgan fingerprint density at radius 2 is 2.47 bits per heavy atom. The van der Waals surface area contributed by atoms with Crippen molar-refractivity contribution >= 4 is 11.6 Å². The molecule has 15 heavy (non-hydrogen) atoms. The molecule has 2 rings (SSSR count). The van der Waals surface area contributed by atoms with Gasteiger partial charge in [0.25, 0.3) is 0 Å². The van der Waals surface area contributed by atoms with E-state index in [9.17, 15) is 5.11 Å². The summed E-state index contributed by atoms with van der Waals surface area (Å²) in [5.41, 5.74) is 1.08. The quantitative estimate of drug-likeness (QED) is 0.834. The summed E-state index contributed by atoms with van der Waals surface area (Å²) >= 11 is 6.03. The van der Waals surface area contributed by atoms with Crippen LogP contribution in [0, 0.1) is 0 Å². The standard InChI is InChI=1S/C11H15ClN2O/c12-11-6-13-4-3-9(11)7-14-5-1-2-10(15)8-14/h3-4,6,10,15H,1-2,5,7-8H2. The van der Waals surface area contributed by atoms with Crippen LogP contribution in [0.15, 0.2) is 18.5 Å². The number of aliphatic hydroxyl groups is 1. The van der Waals surface area contributed by atoms with E-state index in [4.69, 9.17) is 11.6 Å². The number of likely N-dealkylation sites (tertiary alicyclic amines) is 1. The Bertz CT molecular complexity index is 332. The first-order valence-electron chi connectivity index (χ1n) is 5.24. The molecule has 1 aliphatic heterocycles. The van der Waals surface area contributed by atoms with Crippen molar-refractivity contribution in [3.63, 3.8) is 0 Å². The minimum absolute atomic E-state index is 0.181. The molecule has 1 aromatic heterocycles. The normalized spacial score (nSPS) is 22.9. The fourth-order valence-electron chi connectivity index (χ4n) is 1.95. The van der Waals surface area contributed by atoms with Gasteiger partial charge in [0.15, 0.2) is 0 Å². The second-order valence-electron chi connectivity index (χ2n) is 4.00. The van der Waals surface area contributed by atoms with Gasteiger partial charge >= 0.3 is 0 Å². The zero-order valence-electron chi connectivity index (χ0n) is 8.56. The molecule has 2 heterocycles. The maximum Gasteiger partial charge on any atom is 0.0667 e. The molecule has 0 aromatic carbocycles. The predicted octanol–water partition coefficient (Wildman–Crippen LogP) is 1.69. The number of halogens is 1. The monoisotopic (exact) mass is 226 g/mol. The molecule has 0 spiro atoms. The van der Waals surface area contributed by atoms with E-state index in [1.54, 1.807) is 12.4 Å². The van der Waals surface area contributed by atoms with Crippen molar-refractivity contribution in [2.45, 2.75) is 25.5 Å². The van der Waals surface area contributed by atoms with Crippen LogP contribution in [0.3, 0.4) is 0 Å². The third kappa shape index (κ3) is 2.91. The van der Waals surface area contributed by atoms with Crippen molar-refractivity contribution in [2.75, 3.05) is 13.1 Å². The number of β-amino-alcohol motifs (C(OH)–C–C–N with tert-alkyl or cyclic N) is 1. The van der Waals surface area contributed by atoms with Gasteiger partial charge in [0.2, 0.25) is 0 Å². The summed E-state index contributed by atoms with van der Waals surface area (Å²) in [6, 6.07) is 1.93. The van der Waals surface area contributed by atoms with E-state index in [1.165, 1.54) is 0 Å². The van der Waals surface area contributed by atoms with Crippen LogP contribution >= 0.6 is 11.6 Å². The fourth-order valence-corrected chi connectivity index (χ4v) is 2.13. The van der Waals surface area contributed by atoms with E-state index in [1.807, 2.05) is 6.07 Å². The second kappa shape index (κ2) is 4.92. The first-order valence-corrected chi connectivity index (χ1v) is 5.62. The molecule has 3 nitrogen and oxygen atoms in total. The van der Waals surface area contributed by atoms with E-state index in [0.29, 0.717) is 5.02 Å². The van der Waals surface area contributed by atoms with Gasteiger partial charge in [0, 0.05) is 25.5 Å². The molecular formula is C11H15ClN2O. The lowest BCUT2D eigenvalue weighted by molar-refractivity contribution is 0.0668. The van der Waals surface area contributed by atoms with Crippen LogP contribution in [0.4, 0.5) is 0 Å². The van der Waals surface area contributed by atoms with Gasteiger partial charge in [-0.2, -0.15) is 0 Å². The lowest BCUT2D eigenvalue weighted by atomic mass is 10.1. The third-order valence-corrected chi connectivity index (χ3v) is 3.07. The van der Waals surface area contributed by atoms with Crippen LogP contribution < -0.4 is 0 Å². The topological polar surface area (TPSA) is 36.4 Å². The molecule has 1 fully saturated rings. The Kier molecular flexibility index (Phi) is 3.57. The molecule has 0 radical (unpaired) electrons. The fraction of sp³-hybridized carbons (Fsp3) is 0.545. The summed E-state index contributed by atoms with van der Waals surface area (Å²) in [6.45, 7) is 2.59. The lowest BCUT2D eigenvalue weighted by Gasteiger charge is -2.30. The summed E-state index contributed by atoms with van der Waals surface area (Å²) in [5, 5.41) is 10.2. The molecule has 0 bridgehead atoms. The minimum atomic E-state index is -0.181. The van der Waals surface area contributed by atoms with Gasteiger partial charge in [0.05, 0.1) is 11.1 Å². The van der Waals surface area contributed by atoms with Gasteiger partial charge in [-0.3, -0.25) is 9.88 Å².